The quantitative estimate of drug-likeness (QED) is 0.418. The van der Waals surface area contributed by atoms with Crippen LogP contribution in [0.3, 0.4) is 0 Å². The fourth-order valence-electron chi connectivity index (χ4n) is 2.14. The standard InChI is InChI=1S/C20H23ClN2O2/c1-5-23(4)13-22-19-10-15(3)17(11-18(19)21)20(24)25-12-16-8-6-14(2)7-9-16/h6-11,13H,5,12H2,1-4H3. The van der Waals surface area contributed by atoms with Gasteiger partial charge >= 0.3 is 5.97 Å². The molecule has 2 aromatic carbocycles. The van der Waals surface area contributed by atoms with Gasteiger partial charge < -0.3 is 9.64 Å². The SMILES string of the molecule is CCN(C)C=Nc1cc(C)c(C(=O)OCc2ccc(C)cc2)cc1Cl. The predicted octanol–water partition coefficient (Wildman–Crippen LogP) is 4.93. The predicted molar refractivity (Wildman–Crippen MR) is 103 cm³/mol. The Kier molecular flexibility index (Phi) is 6.59. The maximum absolute atomic E-state index is 12.4. The lowest BCUT2D eigenvalue weighted by molar-refractivity contribution is 0.0472. The summed E-state index contributed by atoms with van der Waals surface area (Å²) in [4.78, 5) is 18.7. The van der Waals surface area contributed by atoms with Crippen molar-refractivity contribution in [1.29, 1.82) is 0 Å². The number of aliphatic imine (C=N–C) groups is 1. The minimum atomic E-state index is -0.388. The van der Waals surface area contributed by atoms with Gasteiger partial charge in [-0.1, -0.05) is 41.4 Å². The second-order valence-corrected chi connectivity index (χ2v) is 6.41. The third-order valence-electron chi connectivity index (χ3n) is 3.90. The van der Waals surface area contributed by atoms with E-state index in [1.54, 1.807) is 18.5 Å². The lowest BCUT2D eigenvalue weighted by Crippen LogP contribution is -2.14. The highest BCUT2D eigenvalue weighted by molar-refractivity contribution is 6.33. The second kappa shape index (κ2) is 8.67. The van der Waals surface area contributed by atoms with Crippen LogP contribution < -0.4 is 0 Å². The van der Waals surface area contributed by atoms with Gasteiger partial charge in [-0.15, -0.1) is 0 Å². The van der Waals surface area contributed by atoms with Gasteiger partial charge in [-0.3, -0.25) is 0 Å². The third kappa shape index (κ3) is 5.33. The first-order valence-electron chi connectivity index (χ1n) is 8.18. The molecule has 0 heterocycles. The van der Waals surface area contributed by atoms with E-state index in [1.807, 2.05) is 57.0 Å². The van der Waals surface area contributed by atoms with Crippen molar-refractivity contribution >= 4 is 29.6 Å². The summed E-state index contributed by atoms with van der Waals surface area (Å²) in [5, 5.41) is 0.425. The molecule has 0 N–H and O–H groups in total. The van der Waals surface area contributed by atoms with E-state index in [0.29, 0.717) is 16.3 Å². The minimum Gasteiger partial charge on any atom is -0.457 e. The molecule has 0 unspecified atom stereocenters. The van der Waals surface area contributed by atoms with Gasteiger partial charge in [0.15, 0.2) is 0 Å². The molecule has 2 rings (SSSR count). The van der Waals surface area contributed by atoms with E-state index >= 15 is 0 Å². The number of carbonyl (C=O) groups is 1. The number of carbonyl (C=O) groups excluding carboxylic acids is 1. The summed E-state index contributed by atoms with van der Waals surface area (Å²) < 4.78 is 5.40. The zero-order valence-corrected chi connectivity index (χ0v) is 15.8. The average Bonchev–Trinajstić information content (AvgIpc) is 2.61. The molecule has 0 saturated heterocycles. The van der Waals surface area contributed by atoms with Crippen LogP contribution in [0.2, 0.25) is 5.02 Å². The van der Waals surface area contributed by atoms with E-state index < -0.39 is 0 Å². The minimum absolute atomic E-state index is 0.234. The van der Waals surface area contributed by atoms with E-state index in [2.05, 4.69) is 4.99 Å². The molecule has 0 aliphatic carbocycles. The first-order valence-corrected chi connectivity index (χ1v) is 8.55. The summed E-state index contributed by atoms with van der Waals surface area (Å²) >= 11 is 6.27. The summed E-state index contributed by atoms with van der Waals surface area (Å²) in [6.07, 6.45) is 1.72. The maximum Gasteiger partial charge on any atom is 0.338 e. The van der Waals surface area contributed by atoms with Gasteiger partial charge in [-0.05, 0) is 44.0 Å². The Balaban J connectivity index is 2.10. The van der Waals surface area contributed by atoms with Gasteiger partial charge in [0.05, 0.1) is 22.6 Å². The summed E-state index contributed by atoms with van der Waals surface area (Å²) in [5.74, 6) is -0.388. The number of hydrogen-bond donors (Lipinski definition) is 0. The molecule has 0 radical (unpaired) electrons. The molecule has 5 heteroatoms. The fraction of sp³-hybridized carbons (Fsp3) is 0.300. The van der Waals surface area contributed by atoms with E-state index in [1.165, 1.54) is 5.56 Å². The molecular weight excluding hydrogens is 336 g/mol. The summed E-state index contributed by atoms with van der Waals surface area (Å²) in [6.45, 7) is 6.98. The highest BCUT2D eigenvalue weighted by atomic mass is 35.5. The number of esters is 1. The van der Waals surface area contributed by atoms with Crippen molar-refractivity contribution in [2.24, 2.45) is 4.99 Å². The van der Waals surface area contributed by atoms with Crippen LogP contribution in [-0.2, 0) is 11.3 Å². The van der Waals surface area contributed by atoms with E-state index in [4.69, 9.17) is 16.3 Å². The van der Waals surface area contributed by atoms with E-state index in [-0.39, 0.29) is 12.6 Å². The van der Waals surface area contributed by atoms with Crippen molar-refractivity contribution < 1.29 is 9.53 Å². The van der Waals surface area contributed by atoms with Crippen LogP contribution in [-0.4, -0.2) is 30.8 Å². The lowest BCUT2D eigenvalue weighted by Gasteiger charge is -2.11. The molecule has 0 aliphatic rings. The molecule has 0 aromatic heterocycles. The molecule has 0 amide bonds. The number of ether oxygens (including phenoxy) is 1. The van der Waals surface area contributed by atoms with E-state index in [9.17, 15) is 4.79 Å². The normalized spacial score (nSPS) is 10.9. The molecule has 0 fully saturated rings. The largest absolute Gasteiger partial charge is 0.457 e. The van der Waals surface area contributed by atoms with Crippen molar-refractivity contribution in [3.63, 3.8) is 0 Å². The van der Waals surface area contributed by atoms with Gasteiger partial charge in [-0.2, -0.15) is 0 Å². The van der Waals surface area contributed by atoms with Gasteiger partial charge in [-0.25, -0.2) is 9.79 Å². The number of benzene rings is 2. The molecule has 0 aliphatic heterocycles. The Hall–Kier alpha value is -2.33. The van der Waals surface area contributed by atoms with Crippen LogP contribution in [0.25, 0.3) is 0 Å². The molecule has 4 nitrogen and oxygen atoms in total. The molecule has 132 valence electrons. The van der Waals surface area contributed by atoms with Gasteiger partial charge in [0.1, 0.15) is 6.61 Å². The van der Waals surface area contributed by atoms with Crippen molar-refractivity contribution in [3.8, 4) is 0 Å². The molecule has 25 heavy (non-hydrogen) atoms. The second-order valence-electron chi connectivity index (χ2n) is 6.00. The molecule has 2 aromatic rings. The number of rotatable bonds is 6. The highest BCUT2D eigenvalue weighted by Crippen LogP contribution is 2.29. The van der Waals surface area contributed by atoms with Crippen LogP contribution in [0.1, 0.15) is 34.0 Å². The smallest absolute Gasteiger partial charge is 0.338 e. The Morgan fingerprint density at radius 1 is 1.24 bits per heavy atom. The molecule has 0 bridgehead atoms. The molecule has 0 saturated carbocycles. The van der Waals surface area contributed by atoms with Crippen LogP contribution in [0.4, 0.5) is 5.69 Å². The average molecular weight is 359 g/mol. The van der Waals surface area contributed by atoms with Crippen LogP contribution >= 0.6 is 11.6 Å². The van der Waals surface area contributed by atoms with Crippen LogP contribution in [0.5, 0.6) is 0 Å². The van der Waals surface area contributed by atoms with Crippen molar-refractivity contribution in [3.05, 3.63) is 63.7 Å². The zero-order valence-electron chi connectivity index (χ0n) is 15.0. The van der Waals surface area contributed by atoms with Gasteiger partial charge in [0.2, 0.25) is 0 Å². The van der Waals surface area contributed by atoms with Crippen LogP contribution in [0.15, 0.2) is 41.4 Å². The van der Waals surface area contributed by atoms with Crippen molar-refractivity contribution in [1.82, 2.24) is 4.90 Å². The van der Waals surface area contributed by atoms with Crippen molar-refractivity contribution in [2.75, 3.05) is 13.6 Å². The molecule has 0 spiro atoms. The summed E-state index contributed by atoms with van der Waals surface area (Å²) in [5.41, 5.74) is 3.99. The Bertz CT molecular complexity index is 770. The van der Waals surface area contributed by atoms with E-state index in [0.717, 1.165) is 17.7 Å². The summed E-state index contributed by atoms with van der Waals surface area (Å²) in [6, 6.07) is 11.3. The number of hydrogen-bond acceptors (Lipinski definition) is 3. The summed E-state index contributed by atoms with van der Waals surface area (Å²) in [7, 11) is 1.93. The third-order valence-corrected chi connectivity index (χ3v) is 4.20. The first-order chi connectivity index (χ1) is 11.9. The fourth-order valence-corrected chi connectivity index (χ4v) is 2.35. The lowest BCUT2D eigenvalue weighted by atomic mass is 10.1. The highest BCUT2D eigenvalue weighted by Gasteiger charge is 2.14. The Morgan fingerprint density at radius 3 is 2.56 bits per heavy atom. The molecular formula is C20H23ClN2O2. The first kappa shape index (κ1) is 19.0. The van der Waals surface area contributed by atoms with Gasteiger partial charge in [0.25, 0.3) is 0 Å². The Morgan fingerprint density at radius 2 is 1.92 bits per heavy atom. The monoisotopic (exact) mass is 358 g/mol. The number of aryl methyl sites for hydroxylation is 2. The Labute approximate surface area is 154 Å². The number of nitrogens with zero attached hydrogens (tertiary/aromatic N) is 2. The van der Waals surface area contributed by atoms with Crippen molar-refractivity contribution in [2.45, 2.75) is 27.4 Å². The number of halogens is 1. The zero-order chi connectivity index (χ0) is 18.4. The maximum atomic E-state index is 12.4. The van der Waals surface area contributed by atoms with Gasteiger partial charge in [0, 0.05) is 13.6 Å². The van der Waals surface area contributed by atoms with Crippen LogP contribution in [0, 0.1) is 13.8 Å². The molecule has 0 atom stereocenters. The topological polar surface area (TPSA) is 41.9 Å².